The molecule has 0 aromatic heterocycles. The van der Waals surface area contributed by atoms with Gasteiger partial charge in [0.05, 0.1) is 17.7 Å². The van der Waals surface area contributed by atoms with Crippen LogP contribution in [0.5, 0.6) is 0 Å². The fraction of sp³-hybridized carbons (Fsp3) is 0.500. The minimum Gasteiger partial charge on any atom is -0.478 e. The number of amides is 1. The van der Waals surface area contributed by atoms with Crippen molar-refractivity contribution >= 4 is 11.9 Å². The molecule has 1 aromatic carbocycles. The molecule has 1 aromatic rings. The van der Waals surface area contributed by atoms with Gasteiger partial charge in [-0.1, -0.05) is 38.1 Å². The number of aromatic carboxylic acids is 1. The van der Waals surface area contributed by atoms with E-state index in [0.717, 1.165) is 23.3 Å². The number of aliphatic hydroxyl groups excluding tert-OH is 1. The van der Waals surface area contributed by atoms with Crippen molar-refractivity contribution in [2.45, 2.75) is 64.0 Å². The normalized spacial score (nSPS) is 19.8. The molecule has 0 bridgehead atoms. The Kier molecular flexibility index (Phi) is 8.76. The molecule has 2 N–H and O–H groups in total. The molecule has 7 heteroatoms. The standard InChI is InChI=1S/C24H29F2NO4/c1-3-4-5-6-7-17(2)21(28)13-12-20-16-24(25,26)23(31)27(20)15-14-18-8-10-19(11-9-18)22(29)30/h8-13,17,20-21,28H,3-4,7,14-16H2,1-2H3,(H,29,30)/t17-,20?,21+/m0/s1. The third kappa shape index (κ3) is 6.90. The number of carboxylic acids is 1. The average Bonchev–Trinajstić information content (AvgIpc) is 2.96. The van der Waals surface area contributed by atoms with Crippen LogP contribution in [0.1, 0.15) is 55.5 Å². The lowest BCUT2D eigenvalue weighted by Gasteiger charge is -2.22. The summed E-state index contributed by atoms with van der Waals surface area (Å²) in [6.07, 6.45) is 4.06. The zero-order valence-corrected chi connectivity index (χ0v) is 17.9. The molecule has 1 amide bonds. The number of hydrogen-bond acceptors (Lipinski definition) is 3. The molecule has 0 spiro atoms. The van der Waals surface area contributed by atoms with Gasteiger partial charge >= 0.3 is 11.9 Å². The van der Waals surface area contributed by atoms with Crippen molar-refractivity contribution in [3.8, 4) is 11.8 Å². The van der Waals surface area contributed by atoms with Gasteiger partial charge in [-0.05, 0) is 36.5 Å². The molecule has 5 nitrogen and oxygen atoms in total. The van der Waals surface area contributed by atoms with Gasteiger partial charge in [-0.25, -0.2) is 4.79 Å². The summed E-state index contributed by atoms with van der Waals surface area (Å²) in [4.78, 5) is 24.2. The van der Waals surface area contributed by atoms with Gasteiger partial charge in [0.15, 0.2) is 0 Å². The van der Waals surface area contributed by atoms with E-state index >= 15 is 0 Å². The van der Waals surface area contributed by atoms with Gasteiger partial charge < -0.3 is 15.1 Å². The maximum atomic E-state index is 14.1. The van der Waals surface area contributed by atoms with Crippen LogP contribution in [-0.2, 0) is 11.2 Å². The number of aliphatic hydroxyl groups is 1. The molecule has 31 heavy (non-hydrogen) atoms. The minimum absolute atomic E-state index is 0.0734. The van der Waals surface area contributed by atoms with E-state index in [9.17, 15) is 23.5 Å². The Morgan fingerprint density at radius 2 is 2.00 bits per heavy atom. The van der Waals surface area contributed by atoms with Crippen LogP contribution in [0.15, 0.2) is 36.4 Å². The van der Waals surface area contributed by atoms with Crippen molar-refractivity contribution in [1.82, 2.24) is 4.90 Å². The molecule has 0 radical (unpaired) electrons. The third-order valence-electron chi connectivity index (χ3n) is 5.32. The van der Waals surface area contributed by atoms with Gasteiger partial charge in [0, 0.05) is 25.8 Å². The number of carbonyl (C=O) groups is 2. The number of unbranched alkanes of at least 4 members (excludes halogenated alkanes) is 1. The van der Waals surface area contributed by atoms with Crippen molar-refractivity contribution in [3.63, 3.8) is 0 Å². The summed E-state index contributed by atoms with van der Waals surface area (Å²) in [6, 6.07) is 5.29. The van der Waals surface area contributed by atoms with E-state index in [0.29, 0.717) is 12.8 Å². The van der Waals surface area contributed by atoms with Gasteiger partial charge in [-0.2, -0.15) is 8.78 Å². The number of benzene rings is 1. The number of carboxylic acid groups (broad SMARTS) is 1. The topological polar surface area (TPSA) is 77.8 Å². The molecule has 168 valence electrons. The van der Waals surface area contributed by atoms with Crippen molar-refractivity contribution in [1.29, 1.82) is 0 Å². The number of carbonyl (C=O) groups excluding carboxylic acids is 1. The lowest BCUT2D eigenvalue weighted by molar-refractivity contribution is -0.148. The zero-order valence-electron chi connectivity index (χ0n) is 17.9. The maximum Gasteiger partial charge on any atom is 0.335 e. The molecule has 1 aliphatic heterocycles. The maximum absolute atomic E-state index is 14.1. The summed E-state index contributed by atoms with van der Waals surface area (Å²) in [6.45, 7) is 3.94. The van der Waals surface area contributed by atoms with Gasteiger partial charge in [0.1, 0.15) is 0 Å². The Morgan fingerprint density at radius 3 is 2.61 bits per heavy atom. The molecule has 0 saturated carbocycles. The lowest BCUT2D eigenvalue weighted by Crippen LogP contribution is -2.37. The largest absolute Gasteiger partial charge is 0.478 e. The summed E-state index contributed by atoms with van der Waals surface area (Å²) in [5, 5.41) is 19.3. The summed E-state index contributed by atoms with van der Waals surface area (Å²) in [5.74, 6) is 0.158. The van der Waals surface area contributed by atoms with Crippen LogP contribution in [0.4, 0.5) is 8.78 Å². The van der Waals surface area contributed by atoms with Crippen LogP contribution in [0, 0.1) is 17.8 Å². The first kappa shape index (κ1) is 24.5. The van der Waals surface area contributed by atoms with E-state index in [4.69, 9.17) is 5.11 Å². The predicted molar refractivity (Wildman–Crippen MR) is 114 cm³/mol. The SMILES string of the molecule is CCCC#CC[C@H](C)[C@H](O)C=CC1CC(F)(F)C(=O)N1CCc1ccc(C(=O)O)cc1. The molecule has 1 heterocycles. The van der Waals surface area contributed by atoms with E-state index in [1.165, 1.54) is 24.3 Å². The van der Waals surface area contributed by atoms with Crippen LogP contribution in [0.25, 0.3) is 0 Å². The van der Waals surface area contributed by atoms with Crippen molar-refractivity contribution < 1.29 is 28.6 Å². The predicted octanol–water partition coefficient (Wildman–Crippen LogP) is 3.91. The smallest absolute Gasteiger partial charge is 0.335 e. The summed E-state index contributed by atoms with van der Waals surface area (Å²) in [5.41, 5.74) is 0.880. The molecular weight excluding hydrogens is 404 g/mol. The van der Waals surface area contributed by atoms with Gasteiger partial charge in [-0.15, -0.1) is 11.8 Å². The Bertz CT molecular complexity index is 855. The zero-order chi connectivity index (χ0) is 23.0. The van der Waals surface area contributed by atoms with Crippen LogP contribution >= 0.6 is 0 Å². The first-order valence-electron chi connectivity index (χ1n) is 10.5. The van der Waals surface area contributed by atoms with E-state index in [1.54, 1.807) is 12.1 Å². The average molecular weight is 433 g/mol. The minimum atomic E-state index is -3.44. The van der Waals surface area contributed by atoms with E-state index in [2.05, 4.69) is 11.8 Å². The molecule has 1 aliphatic rings. The number of halogens is 2. The molecule has 1 fully saturated rings. The fourth-order valence-electron chi connectivity index (χ4n) is 3.32. The lowest BCUT2D eigenvalue weighted by atomic mass is 9.99. The first-order valence-corrected chi connectivity index (χ1v) is 10.5. The second-order valence-electron chi connectivity index (χ2n) is 7.89. The van der Waals surface area contributed by atoms with Crippen LogP contribution in [-0.4, -0.2) is 51.6 Å². The highest BCUT2D eigenvalue weighted by Gasteiger charge is 2.52. The van der Waals surface area contributed by atoms with Gasteiger partial charge in [0.25, 0.3) is 5.91 Å². The van der Waals surface area contributed by atoms with Crippen molar-refractivity contribution in [2.24, 2.45) is 5.92 Å². The van der Waals surface area contributed by atoms with Crippen LogP contribution < -0.4 is 0 Å². The Hall–Kier alpha value is -2.72. The summed E-state index contributed by atoms with van der Waals surface area (Å²) < 4.78 is 28.1. The number of alkyl halides is 2. The molecule has 0 aliphatic carbocycles. The van der Waals surface area contributed by atoms with Gasteiger partial charge in [-0.3, -0.25) is 4.79 Å². The van der Waals surface area contributed by atoms with Crippen LogP contribution in [0.3, 0.4) is 0 Å². The van der Waals surface area contributed by atoms with Crippen molar-refractivity contribution in [2.75, 3.05) is 6.54 Å². The van der Waals surface area contributed by atoms with Crippen LogP contribution in [0.2, 0.25) is 0 Å². The second-order valence-corrected chi connectivity index (χ2v) is 7.89. The third-order valence-corrected chi connectivity index (χ3v) is 5.32. The quantitative estimate of drug-likeness (QED) is 0.457. The van der Waals surface area contributed by atoms with E-state index in [-0.39, 0.29) is 18.0 Å². The highest BCUT2D eigenvalue weighted by molar-refractivity contribution is 5.87. The second kappa shape index (κ2) is 11.1. The summed E-state index contributed by atoms with van der Waals surface area (Å²) in [7, 11) is 0. The number of nitrogens with zero attached hydrogens (tertiary/aromatic N) is 1. The highest BCUT2D eigenvalue weighted by atomic mass is 19.3. The number of hydrogen-bond donors (Lipinski definition) is 2. The fourth-order valence-corrected chi connectivity index (χ4v) is 3.32. The molecular formula is C24H29F2NO4. The Balaban J connectivity index is 2.01. The van der Waals surface area contributed by atoms with Crippen molar-refractivity contribution in [3.05, 3.63) is 47.5 Å². The Morgan fingerprint density at radius 1 is 1.32 bits per heavy atom. The number of likely N-dealkylation sites (tertiary alicyclic amines) is 1. The van der Waals surface area contributed by atoms with E-state index < -0.39 is 36.4 Å². The summed E-state index contributed by atoms with van der Waals surface area (Å²) >= 11 is 0. The molecule has 3 atom stereocenters. The van der Waals surface area contributed by atoms with Gasteiger partial charge in [0.2, 0.25) is 0 Å². The highest BCUT2D eigenvalue weighted by Crippen LogP contribution is 2.34. The monoisotopic (exact) mass is 433 g/mol. The van der Waals surface area contributed by atoms with E-state index in [1.807, 2.05) is 13.8 Å². The Labute approximate surface area is 181 Å². The molecule has 1 saturated heterocycles. The number of rotatable bonds is 9. The molecule has 2 rings (SSSR count). The molecule has 1 unspecified atom stereocenters. The first-order chi connectivity index (χ1) is 14.7.